The molecule has 4 N–H and O–H groups in total. The number of carboxylic acids is 1. The number of methoxy groups -OCH3 is 1. The fraction of sp³-hybridized carbons (Fsp3) is 0.340. The summed E-state index contributed by atoms with van der Waals surface area (Å²) >= 11 is 0. The van der Waals surface area contributed by atoms with Crippen LogP contribution in [0.3, 0.4) is 0 Å². The van der Waals surface area contributed by atoms with Gasteiger partial charge in [0.05, 0.1) is 7.11 Å². The molecule has 0 unspecified atom stereocenters. The van der Waals surface area contributed by atoms with Crippen LogP contribution in [0.2, 0.25) is 0 Å². The number of carbonyl (C=O) groups is 3. The Hall–Kier alpha value is -6.33. The SMILES string of the molecule is COC(=O)[C@@H](N)Cc1ccc(OC2CCN(c3ccccc3)CC2)cc1.Cc1cccc(C)c1C(=O)N[C@@H](Cc1ccc(OC2CCN(c3ccccc3)CC2)cc1)C(=O)O. The number of carboxylic acid groups (broad SMARTS) is 1. The number of nitrogens with one attached hydrogen (secondary N) is 1. The predicted molar refractivity (Wildman–Crippen MR) is 240 cm³/mol. The maximum atomic E-state index is 12.8. The molecule has 11 nitrogen and oxygen atoms in total. The minimum absolute atomic E-state index is 0.157. The zero-order chi connectivity index (χ0) is 43.1. The fourth-order valence-corrected chi connectivity index (χ4v) is 7.86. The third kappa shape index (κ3) is 12.8. The third-order valence-electron chi connectivity index (χ3n) is 11.3. The first-order valence-corrected chi connectivity index (χ1v) is 21.1. The molecule has 2 aliphatic heterocycles. The second-order valence-electron chi connectivity index (χ2n) is 15.7. The van der Waals surface area contributed by atoms with Crippen molar-refractivity contribution in [2.75, 3.05) is 43.1 Å². The van der Waals surface area contributed by atoms with Crippen molar-refractivity contribution in [2.24, 2.45) is 5.73 Å². The molecule has 2 heterocycles. The second kappa shape index (κ2) is 21.8. The van der Waals surface area contributed by atoms with Crippen molar-refractivity contribution in [1.82, 2.24) is 5.32 Å². The van der Waals surface area contributed by atoms with Crippen molar-refractivity contribution in [2.45, 2.75) is 76.7 Å². The molecule has 0 saturated carbocycles. The number of carbonyl (C=O) groups excluding carboxylic acids is 2. The Bertz CT molecular complexity index is 2130. The number of anilines is 2. The van der Waals surface area contributed by atoms with Crippen molar-refractivity contribution in [3.63, 3.8) is 0 Å². The van der Waals surface area contributed by atoms with Gasteiger partial charge in [-0.25, -0.2) is 4.79 Å². The van der Waals surface area contributed by atoms with Gasteiger partial charge in [0.1, 0.15) is 35.8 Å². The van der Waals surface area contributed by atoms with E-state index in [0.29, 0.717) is 12.0 Å². The molecule has 7 rings (SSSR count). The van der Waals surface area contributed by atoms with E-state index in [0.717, 1.165) is 85.6 Å². The molecule has 5 aromatic rings. The summed E-state index contributed by atoms with van der Waals surface area (Å²) in [7, 11) is 1.35. The molecule has 0 radical (unpaired) electrons. The van der Waals surface area contributed by atoms with Crippen LogP contribution in [0.5, 0.6) is 11.5 Å². The number of piperidine rings is 2. The van der Waals surface area contributed by atoms with Gasteiger partial charge in [0.15, 0.2) is 0 Å². The van der Waals surface area contributed by atoms with Gasteiger partial charge in [0, 0.05) is 75.2 Å². The van der Waals surface area contributed by atoms with Crippen LogP contribution in [0.1, 0.15) is 58.3 Å². The number of ether oxygens (including phenoxy) is 3. The van der Waals surface area contributed by atoms with Gasteiger partial charge in [-0.3, -0.25) is 9.59 Å². The van der Waals surface area contributed by atoms with Crippen LogP contribution in [0, 0.1) is 13.8 Å². The summed E-state index contributed by atoms with van der Waals surface area (Å²) in [6.45, 7) is 7.60. The number of nitrogens with two attached hydrogens (primary N) is 1. The minimum atomic E-state index is -1.06. The first-order valence-electron chi connectivity index (χ1n) is 21.1. The van der Waals surface area contributed by atoms with Gasteiger partial charge in [-0.1, -0.05) is 78.9 Å². The van der Waals surface area contributed by atoms with Crippen LogP contribution in [-0.4, -0.2) is 80.5 Å². The number of hydrogen-bond donors (Lipinski definition) is 3. The number of aliphatic carboxylic acids is 1. The summed E-state index contributed by atoms with van der Waals surface area (Å²) in [5.41, 5.74) is 12.3. The number of para-hydroxylation sites is 2. The van der Waals surface area contributed by atoms with E-state index in [9.17, 15) is 19.5 Å². The molecule has 320 valence electrons. The van der Waals surface area contributed by atoms with E-state index < -0.39 is 24.0 Å². The van der Waals surface area contributed by atoms with Crippen LogP contribution in [0.15, 0.2) is 127 Å². The van der Waals surface area contributed by atoms with Crippen LogP contribution < -0.4 is 30.3 Å². The first kappa shape index (κ1) is 44.2. The number of aryl methyl sites for hydroxylation is 2. The monoisotopic (exact) mass is 826 g/mol. The molecule has 2 atom stereocenters. The fourth-order valence-electron chi connectivity index (χ4n) is 7.86. The Labute approximate surface area is 359 Å². The number of nitrogens with zero attached hydrogens (tertiary/aromatic N) is 2. The van der Waals surface area contributed by atoms with Crippen molar-refractivity contribution in [3.8, 4) is 11.5 Å². The molecule has 0 aliphatic carbocycles. The lowest BCUT2D eigenvalue weighted by atomic mass is 10.0. The number of amides is 1. The third-order valence-corrected chi connectivity index (χ3v) is 11.3. The van der Waals surface area contributed by atoms with E-state index in [1.165, 1.54) is 18.5 Å². The lowest BCUT2D eigenvalue weighted by Gasteiger charge is -2.33. The van der Waals surface area contributed by atoms with Gasteiger partial charge in [0.2, 0.25) is 0 Å². The maximum Gasteiger partial charge on any atom is 0.326 e. The molecule has 11 heteroatoms. The van der Waals surface area contributed by atoms with Gasteiger partial charge < -0.3 is 40.2 Å². The summed E-state index contributed by atoms with van der Waals surface area (Å²) in [5.74, 6) is -0.183. The number of rotatable bonds is 14. The largest absolute Gasteiger partial charge is 0.490 e. The van der Waals surface area contributed by atoms with E-state index in [-0.39, 0.29) is 24.5 Å². The van der Waals surface area contributed by atoms with Gasteiger partial charge in [-0.15, -0.1) is 0 Å². The highest BCUT2D eigenvalue weighted by Gasteiger charge is 2.25. The summed E-state index contributed by atoms with van der Waals surface area (Å²) in [6, 6.07) is 40.1. The molecule has 5 aromatic carbocycles. The molecule has 2 aliphatic rings. The molecular weight excluding hydrogens is 769 g/mol. The van der Waals surface area contributed by atoms with Crippen molar-refractivity contribution in [3.05, 3.63) is 155 Å². The summed E-state index contributed by atoms with van der Waals surface area (Å²) in [4.78, 5) is 40.8. The van der Waals surface area contributed by atoms with Crippen LogP contribution >= 0.6 is 0 Å². The zero-order valence-electron chi connectivity index (χ0n) is 35.4. The van der Waals surface area contributed by atoms with Crippen LogP contribution in [-0.2, 0) is 27.2 Å². The molecular formula is C50H58N4O7. The molecule has 61 heavy (non-hydrogen) atoms. The molecule has 1 amide bonds. The van der Waals surface area contributed by atoms with Crippen LogP contribution in [0.4, 0.5) is 11.4 Å². The summed E-state index contributed by atoms with van der Waals surface area (Å²) < 4.78 is 17.0. The molecule has 0 spiro atoms. The highest BCUT2D eigenvalue weighted by molar-refractivity contribution is 5.99. The Kier molecular flexibility index (Phi) is 15.8. The van der Waals surface area contributed by atoms with E-state index in [1.807, 2.05) is 92.7 Å². The highest BCUT2D eigenvalue weighted by atomic mass is 16.5. The standard InChI is InChI=1S/C29H32N2O4.C21H26N2O3/c1-20-7-6-8-21(2)27(20)28(32)30-26(29(33)34)19-22-11-13-24(14-12-22)35-25-15-17-31(18-16-25)23-9-4-3-5-10-23;1-25-21(24)20(22)15-16-7-9-18(10-8-16)26-19-11-13-23(14-12-19)17-5-3-2-4-6-17/h3-14,25-26H,15-19H2,1-2H3,(H,30,32)(H,33,34);2-10,19-20H,11-15,22H2,1H3/t26-;20-/m00/s1. The zero-order valence-corrected chi connectivity index (χ0v) is 35.4. The summed E-state index contributed by atoms with van der Waals surface area (Å²) in [5, 5.41) is 12.4. The number of hydrogen-bond acceptors (Lipinski definition) is 9. The van der Waals surface area contributed by atoms with Gasteiger partial charge in [0.25, 0.3) is 5.91 Å². The van der Waals surface area contributed by atoms with E-state index in [1.54, 1.807) is 0 Å². The van der Waals surface area contributed by atoms with Crippen molar-refractivity contribution < 1.29 is 33.7 Å². The first-order chi connectivity index (χ1) is 29.6. The van der Waals surface area contributed by atoms with Crippen LogP contribution in [0.25, 0.3) is 0 Å². The Morgan fingerprint density at radius 1 is 0.639 bits per heavy atom. The van der Waals surface area contributed by atoms with Crippen molar-refractivity contribution >= 4 is 29.2 Å². The smallest absolute Gasteiger partial charge is 0.326 e. The Morgan fingerprint density at radius 2 is 1.07 bits per heavy atom. The van der Waals surface area contributed by atoms with E-state index in [4.69, 9.17) is 15.2 Å². The van der Waals surface area contributed by atoms with E-state index >= 15 is 0 Å². The topological polar surface area (TPSA) is 144 Å². The van der Waals surface area contributed by atoms with E-state index in [2.05, 4.69) is 68.4 Å². The quantitative estimate of drug-likeness (QED) is 0.0961. The lowest BCUT2D eigenvalue weighted by Crippen LogP contribution is -2.42. The lowest BCUT2D eigenvalue weighted by molar-refractivity contribution is -0.142. The molecule has 2 fully saturated rings. The normalized spacial score (nSPS) is 15.4. The summed E-state index contributed by atoms with van der Waals surface area (Å²) in [6.07, 6.45) is 4.95. The molecule has 0 aromatic heterocycles. The second-order valence-corrected chi connectivity index (χ2v) is 15.7. The van der Waals surface area contributed by atoms with Crippen molar-refractivity contribution in [1.29, 1.82) is 0 Å². The van der Waals surface area contributed by atoms with Gasteiger partial charge >= 0.3 is 11.9 Å². The molecule has 2 saturated heterocycles. The number of esters is 1. The molecule has 0 bridgehead atoms. The predicted octanol–water partition coefficient (Wildman–Crippen LogP) is 7.55. The van der Waals surface area contributed by atoms with Gasteiger partial charge in [-0.05, 0) is 91.1 Å². The van der Waals surface area contributed by atoms with Gasteiger partial charge in [-0.2, -0.15) is 0 Å². The highest BCUT2D eigenvalue weighted by Crippen LogP contribution is 2.25. The Balaban J connectivity index is 0.000000213. The average Bonchev–Trinajstić information content (AvgIpc) is 3.28. The maximum absolute atomic E-state index is 12.8. The minimum Gasteiger partial charge on any atom is -0.490 e. The average molecular weight is 827 g/mol. The Morgan fingerprint density at radius 3 is 1.48 bits per heavy atom. The number of benzene rings is 5.